The van der Waals surface area contributed by atoms with Gasteiger partial charge in [-0.2, -0.15) is 0 Å². The Morgan fingerprint density at radius 2 is 2.05 bits per heavy atom. The first kappa shape index (κ1) is 14.0. The summed E-state index contributed by atoms with van der Waals surface area (Å²) in [5.74, 6) is -1.54. The molecule has 2 aromatic rings. The van der Waals surface area contributed by atoms with Gasteiger partial charge in [0.2, 0.25) is 0 Å². The standard InChI is InChI=1S/C15H16FN3O/c1-10(9-11-5-3-2-4-6-11)19-15(20)12-7-8-18-14(17)13(12)16/h2-8,10H,9H2,1H3,(H2,17,18)(H,19,20). The molecule has 0 aliphatic heterocycles. The van der Waals surface area contributed by atoms with Crippen LogP contribution in [0.2, 0.25) is 0 Å². The maximum atomic E-state index is 13.7. The van der Waals surface area contributed by atoms with E-state index in [1.165, 1.54) is 12.3 Å². The molecular formula is C15H16FN3O. The van der Waals surface area contributed by atoms with Gasteiger partial charge < -0.3 is 11.1 Å². The average molecular weight is 273 g/mol. The molecule has 0 saturated carbocycles. The van der Waals surface area contributed by atoms with Crippen LogP contribution in [0.25, 0.3) is 0 Å². The topological polar surface area (TPSA) is 68.0 Å². The first-order valence-electron chi connectivity index (χ1n) is 6.32. The number of nitrogens with zero attached hydrogens (tertiary/aromatic N) is 1. The van der Waals surface area contributed by atoms with Crippen molar-refractivity contribution in [3.63, 3.8) is 0 Å². The summed E-state index contributed by atoms with van der Waals surface area (Å²) in [5, 5.41) is 2.75. The highest BCUT2D eigenvalue weighted by Gasteiger charge is 2.16. The smallest absolute Gasteiger partial charge is 0.254 e. The lowest BCUT2D eigenvalue weighted by Gasteiger charge is -2.14. The number of carbonyl (C=O) groups excluding carboxylic acids is 1. The normalized spacial score (nSPS) is 11.9. The molecule has 1 heterocycles. The summed E-state index contributed by atoms with van der Waals surface area (Å²) in [7, 11) is 0. The molecule has 0 bridgehead atoms. The van der Waals surface area contributed by atoms with Crippen LogP contribution >= 0.6 is 0 Å². The number of benzene rings is 1. The number of hydrogen-bond acceptors (Lipinski definition) is 3. The van der Waals surface area contributed by atoms with Crippen LogP contribution in [0, 0.1) is 5.82 Å². The summed E-state index contributed by atoms with van der Waals surface area (Å²) in [6.07, 6.45) is 1.99. The Morgan fingerprint density at radius 3 is 2.75 bits per heavy atom. The molecule has 104 valence electrons. The van der Waals surface area contributed by atoms with Crippen LogP contribution in [0.3, 0.4) is 0 Å². The van der Waals surface area contributed by atoms with Crippen LogP contribution < -0.4 is 11.1 Å². The van der Waals surface area contributed by atoms with Crippen molar-refractivity contribution in [2.24, 2.45) is 0 Å². The van der Waals surface area contributed by atoms with E-state index >= 15 is 0 Å². The van der Waals surface area contributed by atoms with E-state index in [1.54, 1.807) is 0 Å². The van der Waals surface area contributed by atoms with E-state index in [-0.39, 0.29) is 17.4 Å². The molecular weight excluding hydrogens is 257 g/mol. The van der Waals surface area contributed by atoms with Gasteiger partial charge in [-0.15, -0.1) is 0 Å². The number of carbonyl (C=O) groups is 1. The van der Waals surface area contributed by atoms with Crippen LogP contribution in [-0.2, 0) is 6.42 Å². The van der Waals surface area contributed by atoms with E-state index in [4.69, 9.17) is 5.73 Å². The fourth-order valence-electron chi connectivity index (χ4n) is 1.96. The Hall–Kier alpha value is -2.43. The zero-order valence-corrected chi connectivity index (χ0v) is 11.1. The molecule has 4 nitrogen and oxygen atoms in total. The van der Waals surface area contributed by atoms with Crippen molar-refractivity contribution in [2.75, 3.05) is 5.73 Å². The van der Waals surface area contributed by atoms with Gasteiger partial charge >= 0.3 is 0 Å². The Bertz CT molecular complexity index is 601. The molecule has 0 aliphatic rings. The number of halogens is 1. The van der Waals surface area contributed by atoms with Crippen LogP contribution in [0.4, 0.5) is 10.2 Å². The quantitative estimate of drug-likeness (QED) is 0.897. The Kier molecular flexibility index (Phi) is 4.30. The van der Waals surface area contributed by atoms with Crippen LogP contribution in [-0.4, -0.2) is 16.9 Å². The maximum absolute atomic E-state index is 13.7. The summed E-state index contributed by atoms with van der Waals surface area (Å²) < 4.78 is 13.7. The number of nitrogens with two attached hydrogens (primary N) is 1. The third-order valence-electron chi connectivity index (χ3n) is 2.92. The number of pyridine rings is 1. The lowest BCUT2D eigenvalue weighted by molar-refractivity contribution is 0.0936. The first-order chi connectivity index (χ1) is 9.58. The Balaban J connectivity index is 2.02. The van der Waals surface area contributed by atoms with Crippen molar-refractivity contribution in [3.8, 4) is 0 Å². The zero-order chi connectivity index (χ0) is 14.5. The summed E-state index contributed by atoms with van der Waals surface area (Å²) in [6, 6.07) is 11.0. The van der Waals surface area contributed by atoms with Crippen molar-refractivity contribution in [2.45, 2.75) is 19.4 Å². The molecule has 2 rings (SSSR count). The molecule has 1 aromatic carbocycles. The van der Waals surface area contributed by atoms with Crippen molar-refractivity contribution in [1.29, 1.82) is 0 Å². The van der Waals surface area contributed by atoms with E-state index in [0.717, 1.165) is 5.56 Å². The van der Waals surface area contributed by atoms with Crippen molar-refractivity contribution in [1.82, 2.24) is 10.3 Å². The molecule has 1 aromatic heterocycles. The molecule has 0 radical (unpaired) electrons. The minimum Gasteiger partial charge on any atom is -0.381 e. The van der Waals surface area contributed by atoms with E-state index in [9.17, 15) is 9.18 Å². The third-order valence-corrected chi connectivity index (χ3v) is 2.92. The SMILES string of the molecule is CC(Cc1ccccc1)NC(=O)c1ccnc(N)c1F. The van der Waals surface area contributed by atoms with E-state index in [0.29, 0.717) is 6.42 Å². The van der Waals surface area contributed by atoms with Crippen LogP contribution in [0.15, 0.2) is 42.6 Å². The molecule has 20 heavy (non-hydrogen) atoms. The highest BCUT2D eigenvalue weighted by atomic mass is 19.1. The molecule has 0 saturated heterocycles. The molecule has 5 heteroatoms. The molecule has 0 fully saturated rings. The summed E-state index contributed by atoms with van der Waals surface area (Å²) in [6.45, 7) is 1.87. The molecule has 0 spiro atoms. The lowest BCUT2D eigenvalue weighted by Crippen LogP contribution is -2.34. The minimum absolute atomic E-state index is 0.0857. The number of hydrogen-bond donors (Lipinski definition) is 2. The summed E-state index contributed by atoms with van der Waals surface area (Å²) in [5.41, 5.74) is 6.37. The maximum Gasteiger partial charge on any atom is 0.254 e. The van der Waals surface area contributed by atoms with Crippen molar-refractivity contribution < 1.29 is 9.18 Å². The third kappa shape index (κ3) is 3.32. The molecule has 1 amide bonds. The van der Waals surface area contributed by atoms with Crippen LogP contribution in [0.1, 0.15) is 22.8 Å². The predicted octanol–water partition coefficient (Wildman–Crippen LogP) is 2.16. The van der Waals surface area contributed by atoms with Gasteiger partial charge in [0.25, 0.3) is 5.91 Å². The second-order valence-electron chi connectivity index (χ2n) is 4.62. The summed E-state index contributed by atoms with van der Waals surface area (Å²) in [4.78, 5) is 15.6. The molecule has 0 aliphatic carbocycles. The fraction of sp³-hybridized carbons (Fsp3) is 0.200. The molecule has 1 atom stereocenters. The summed E-state index contributed by atoms with van der Waals surface area (Å²) >= 11 is 0. The van der Waals surface area contributed by atoms with Gasteiger partial charge in [0.15, 0.2) is 11.6 Å². The van der Waals surface area contributed by atoms with Crippen molar-refractivity contribution >= 4 is 11.7 Å². The van der Waals surface area contributed by atoms with Crippen LogP contribution in [0.5, 0.6) is 0 Å². The number of aromatic nitrogens is 1. The zero-order valence-electron chi connectivity index (χ0n) is 11.1. The number of rotatable bonds is 4. The largest absolute Gasteiger partial charge is 0.381 e. The van der Waals surface area contributed by atoms with Gasteiger partial charge in [0, 0.05) is 12.2 Å². The highest BCUT2D eigenvalue weighted by Crippen LogP contribution is 2.12. The van der Waals surface area contributed by atoms with E-state index in [1.807, 2.05) is 37.3 Å². The highest BCUT2D eigenvalue weighted by molar-refractivity contribution is 5.95. The van der Waals surface area contributed by atoms with Crippen molar-refractivity contribution in [3.05, 3.63) is 59.5 Å². The number of nitrogens with one attached hydrogen (secondary N) is 1. The first-order valence-corrected chi connectivity index (χ1v) is 6.32. The minimum atomic E-state index is -0.781. The second-order valence-corrected chi connectivity index (χ2v) is 4.62. The van der Waals surface area contributed by atoms with Gasteiger partial charge in [0.05, 0.1) is 5.56 Å². The lowest BCUT2D eigenvalue weighted by atomic mass is 10.1. The molecule has 1 unspecified atom stereocenters. The fourth-order valence-corrected chi connectivity index (χ4v) is 1.96. The van der Waals surface area contributed by atoms with Gasteiger partial charge in [-0.1, -0.05) is 30.3 Å². The molecule has 3 N–H and O–H groups in total. The van der Waals surface area contributed by atoms with Gasteiger partial charge in [-0.3, -0.25) is 4.79 Å². The van der Waals surface area contributed by atoms with Gasteiger partial charge in [0.1, 0.15) is 0 Å². The monoisotopic (exact) mass is 273 g/mol. The van der Waals surface area contributed by atoms with Gasteiger partial charge in [-0.05, 0) is 25.0 Å². The average Bonchev–Trinajstić information content (AvgIpc) is 2.42. The number of anilines is 1. The van der Waals surface area contributed by atoms with Gasteiger partial charge in [-0.25, -0.2) is 9.37 Å². The number of nitrogen functional groups attached to an aromatic ring is 1. The van der Waals surface area contributed by atoms with E-state index < -0.39 is 11.7 Å². The predicted molar refractivity (Wildman–Crippen MR) is 75.7 cm³/mol. The Morgan fingerprint density at radius 1 is 1.35 bits per heavy atom. The second kappa shape index (κ2) is 6.14. The number of amides is 1. The van der Waals surface area contributed by atoms with E-state index in [2.05, 4.69) is 10.3 Å². The Labute approximate surface area is 116 Å².